The van der Waals surface area contributed by atoms with Crippen molar-refractivity contribution >= 4 is 43.0 Å². The van der Waals surface area contributed by atoms with E-state index in [0.717, 1.165) is 19.6 Å². The van der Waals surface area contributed by atoms with Gasteiger partial charge in [-0.05, 0) is 34.1 Å². The third kappa shape index (κ3) is 1.07. The maximum atomic E-state index is 9.51. The zero-order valence-electron chi connectivity index (χ0n) is 6.04. The van der Waals surface area contributed by atoms with Crippen LogP contribution in [0.2, 0.25) is 0 Å². The molecule has 0 saturated heterocycles. The number of rotatable bonds is 0. The van der Waals surface area contributed by atoms with Crippen LogP contribution >= 0.6 is 27.3 Å². The molecule has 1 aromatic heterocycles. The summed E-state index contributed by atoms with van der Waals surface area (Å²) in [4.78, 5) is 0. The molecule has 2 nitrogen and oxygen atoms in total. The van der Waals surface area contributed by atoms with Gasteiger partial charge in [0.25, 0.3) is 0 Å². The summed E-state index contributed by atoms with van der Waals surface area (Å²) in [5, 5.41) is 10.4. The van der Waals surface area contributed by atoms with Gasteiger partial charge >= 0.3 is 0 Å². The number of fused-ring (bicyclic) bond motifs is 1. The van der Waals surface area contributed by atoms with Crippen LogP contribution in [0.3, 0.4) is 0 Å². The SMILES string of the molecule is Nc1ccc2c(O)c(Br)sc2c1. The van der Waals surface area contributed by atoms with Crippen LogP contribution in [-0.4, -0.2) is 5.11 Å². The van der Waals surface area contributed by atoms with E-state index in [-0.39, 0.29) is 0 Å². The molecule has 0 unspecified atom stereocenters. The number of hydrogen-bond donors (Lipinski definition) is 2. The Labute approximate surface area is 81.8 Å². The van der Waals surface area contributed by atoms with Crippen LogP contribution in [0.4, 0.5) is 5.69 Å². The molecule has 0 atom stereocenters. The van der Waals surface area contributed by atoms with Gasteiger partial charge < -0.3 is 10.8 Å². The molecule has 1 aromatic carbocycles. The first-order valence-corrected chi connectivity index (χ1v) is 4.96. The second-order valence-corrected chi connectivity index (χ2v) is 4.85. The van der Waals surface area contributed by atoms with E-state index in [0.29, 0.717) is 5.75 Å². The van der Waals surface area contributed by atoms with Crippen molar-refractivity contribution in [3.63, 3.8) is 0 Å². The quantitative estimate of drug-likeness (QED) is 0.700. The van der Waals surface area contributed by atoms with E-state index in [1.165, 1.54) is 11.3 Å². The third-order valence-electron chi connectivity index (χ3n) is 1.65. The molecule has 3 N–H and O–H groups in total. The Morgan fingerprint density at radius 2 is 2.17 bits per heavy atom. The summed E-state index contributed by atoms with van der Waals surface area (Å²) in [6.45, 7) is 0. The highest BCUT2D eigenvalue weighted by Gasteiger charge is 2.07. The molecule has 0 aliphatic carbocycles. The fourth-order valence-corrected chi connectivity index (χ4v) is 2.68. The molecular formula is C8H6BrNOS. The Kier molecular flexibility index (Phi) is 1.73. The van der Waals surface area contributed by atoms with Crippen LogP contribution in [-0.2, 0) is 0 Å². The molecule has 4 heteroatoms. The number of thiophene rings is 1. The molecule has 0 aliphatic rings. The Bertz CT molecular complexity index is 438. The molecule has 2 aromatic rings. The average Bonchev–Trinajstić information content (AvgIpc) is 2.28. The van der Waals surface area contributed by atoms with Gasteiger partial charge in [0, 0.05) is 15.8 Å². The topological polar surface area (TPSA) is 46.2 Å². The molecule has 0 saturated carbocycles. The first kappa shape index (κ1) is 7.89. The van der Waals surface area contributed by atoms with Gasteiger partial charge in [-0.3, -0.25) is 0 Å². The highest BCUT2D eigenvalue weighted by Crippen LogP contribution is 2.41. The lowest BCUT2D eigenvalue weighted by molar-refractivity contribution is 0.481. The normalized spacial score (nSPS) is 10.8. The minimum absolute atomic E-state index is 0.301. The minimum atomic E-state index is 0.301. The number of aromatic hydroxyl groups is 1. The average molecular weight is 244 g/mol. The van der Waals surface area contributed by atoms with Crippen LogP contribution in [0.15, 0.2) is 22.0 Å². The number of nitrogen functional groups attached to an aromatic ring is 1. The minimum Gasteiger partial charge on any atom is -0.505 e. The molecule has 62 valence electrons. The number of benzene rings is 1. The number of hydrogen-bond acceptors (Lipinski definition) is 3. The number of halogens is 1. The molecule has 0 bridgehead atoms. The van der Waals surface area contributed by atoms with Gasteiger partial charge in [-0.1, -0.05) is 0 Å². The number of nitrogens with two attached hydrogens (primary N) is 1. The Hall–Kier alpha value is -0.740. The molecule has 0 amide bonds. The van der Waals surface area contributed by atoms with Crippen molar-refractivity contribution in [2.24, 2.45) is 0 Å². The highest BCUT2D eigenvalue weighted by atomic mass is 79.9. The lowest BCUT2D eigenvalue weighted by Gasteiger charge is -1.92. The van der Waals surface area contributed by atoms with Crippen molar-refractivity contribution < 1.29 is 5.11 Å². The summed E-state index contributed by atoms with van der Waals surface area (Å²) in [5.41, 5.74) is 6.31. The van der Waals surface area contributed by atoms with E-state index in [9.17, 15) is 5.11 Å². The van der Waals surface area contributed by atoms with E-state index in [1.807, 2.05) is 12.1 Å². The van der Waals surface area contributed by atoms with E-state index in [2.05, 4.69) is 15.9 Å². The number of anilines is 1. The third-order valence-corrected chi connectivity index (χ3v) is 3.44. The van der Waals surface area contributed by atoms with Gasteiger partial charge in [-0.25, -0.2) is 0 Å². The van der Waals surface area contributed by atoms with Gasteiger partial charge in [0.15, 0.2) is 0 Å². The maximum absolute atomic E-state index is 9.51. The van der Waals surface area contributed by atoms with Crippen molar-refractivity contribution in [1.29, 1.82) is 0 Å². The molecule has 2 rings (SSSR count). The summed E-state index contributed by atoms with van der Waals surface area (Å²) < 4.78 is 1.75. The monoisotopic (exact) mass is 243 g/mol. The molecular weight excluding hydrogens is 238 g/mol. The fourth-order valence-electron chi connectivity index (χ4n) is 1.07. The predicted octanol–water partition coefficient (Wildman–Crippen LogP) is 2.95. The van der Waals surface area contributed by atoms with Crippen LogP contribution in [0.25, 0.3) is 10.1 Å². The second-order valence-electron chi connectivity index (χ2n) is 2.48. The van der Waals surface area contributed by atoms with Crippen LogP contribution in [0, 0.1) is 0 Å². The van der Waals surface area contributed by atoms with E-state index in [1.54, 1.807) is 6.07 Å². The standard InChI is InChI=1S/C8H6BrNOS/c9-8-7(11)5-2-1-4(10)3-6(5)12-8/h1-3,11H,10H2. The van der Waals surface area contributed by atoms with Crippen molar-refractivity contribution in [3.8, 4) is 5.75 Å². The lowest BCUT2D eigenvalue weighted by Crippen LogP contribution is -1.80. The summed E-state index contributed by atoms with van der Waals surface area (Å²) in [5.74, 6) is 0.301. The van der Waals surface area contributed by atoms with Crippen molar-refractivity contribution in [3.05, 3.63) is 22.0 Å². The van der Waals surface area contributed by atoms with Gasteiger partial charge in [0.1, 0.15) is 9.54 Å². The predicted molar refractivity (Wildman–Crippen MR) is 55.6 cm³/mol. The molecule has 0 spiro atoms. The van der Waals surface area contributed by atoms with Gasteiger partial charge in [0.05, 0.1) is 0 Å². The Morgan fingerprint density at radius 1 is 1.42 bits per heavy atom. The molecule has 0 radical (unpaired) electrons. The molecule has 0 fully saturated rings. The van der Waals surface area contributed by atoms with Gasteiger partial charge in [-0.15, -0.1) is 11.3 Å². The van der Waals surface area contributed by atoms with E-state index < -0.39 is 0 Å². The first-order chi connectivity index (χ1) is 5.68. The van der Waals surface area contributed by atoms with Crippen LogP contribution < -0.4 is 5.73 Å². The summed E-state index contributed by atoms with van der Waals surface area (Å²) in [6.07, 6.45) is 0. The zero-order chi connectivity index (χ0) is 8.72. The first-order valence-electron chi connectivity index (χ1n) is 3.35. The van der Waals surface area contributed by atoms with Crippen molar-refractivity contribution in [2.75, 3.05) is 5.73 Å². The van der Waals surface area contributed by atoms with E-state index in [4.69, 9.17) is 5.73 Å². The zero-order valence-corrected chi connectivity index (χ0v) is 8.45. The van der Waals surface area contributed by atoms with Gasteiger partial charge in [0.2, 0.25) is 0 Å². The molecule has 1 heterocycles. The summed E-state index contributed by atoms with van der Waals surface area (Å²) >= 11 is 4.74. The lowest BCUT2D eigenvalue weighted by atomic mass is 10.2. The van der Waals surface area contributed by atoms with Crippen molar-refractivity contribution in [1.82, 2.24) is 0 Å². The highest BCUT2D eigenvalue weighted by molar-refractivity contribution is 9.11. The van der Waals surface area contributed by atoms with Gasteiger partial charge in [-0.2, -0.15) is 0 Å². The summed E-state index contributed by atoms with van der Waals surface area (Å²) in [7, 11) is 0. The van der Waals surface area contributed by atoms with Crippen LogP contribution in [0.1, 0.15) is 0 Å². The Morgan fingerprint density at radius 3 is 2.92 bits per heavy atom. The largest absolute Gasteiger partial charge is 0.505 e. The fraction of sp³-hybridized carbons (Fsp3) is 0. The molecule has 0 aliphatic heterocycles. The second kappa shape index (κ2) is 2.64. The Balaban J connectivity index is 2.87. The smallest absolute Gasteiger partial charge is 0.148 e. The van der Waals surface area contributed by atoms with E-state index >= 15 is 0 Å². The van der Waals surface area contributed by atoms with Crippen LogP contribution in [0.5, 0.6) is 5.75 Å². The van der Waals surface area contributed by atoms with Crippen molar-refractivity contribution in [2.45, 2.75) is 0 Å². The molecule has 12 heavy (non-hydrogen) atoms. The summed E-state index contributed by atoms with van der Waals surface area (Å²) in [6, 6.07) is 5.45. The maximum Gasteiger partial charge on any atom is 0.148 e.